The van der Waals surface area contributed by atoms with Gasteiger partial charge >= 0.3 is 0 Å². The fourth-order valence-electron chi connectivity index (χ4n) is 1.61. The number of hydrogen-bond donors (Lipinski definition) is 1. The Balaban J connectivity index is 1.82. The average molecular weight is 231 g/mol. The Morgan fingerprint density at radius 2 is 2.35 bits per heavy atom. The van der Waals surface area contributed by atoms with Crippen LogP contribution < -0.4 is 5.32 Å². The standard InChI is InChI=1S/C13H17N3O/c1-2-3-10-17-11-8-15-13-6-4-5-12-14-7-9-16(12)13/h2,4-7,9,15H,1,3,8,10-11H2. The lowest BCUT2D eigenvalue weighted by Crippen LogP contribution is -2.11. The van der Waals surface area contributed by atoms with E-state index in [-0.39, 0.29) is 0 Å². The van der Waals surface area contributed by atoms with Crippen molar-refractivity contribution in [2.75, 3.05) is 25.1 Å². The molecule has 0 atom stereocenters. The van der Waals surface area contributed by atoms with Crippen LogP contribution in [0.15, 0.2) is 43.2 Å². The molecule has 0 aliphatic rings. The highest BCUT2D eigenvalue weighted by molar-refractivity contribution is 5.49. The summed E-state index contributed by atoms with van der Waals surface area (Å²) in [5, 5.41) is 3.32. The zero-order chi connectivity index (χ0) is 11.9. The van der Waals surface area contributed by atoms with Crippen LogP contribution in [0.2, 0.25) is 0 Å². The minimum atomic E-state index is 0.693. The summed E-state index contributed by atoms with van der Waals surface area (Å²) in [5.74, 6) is 1.03. The minimum Gasteiger partial charge on any atom is -0.379 e. The van der Waals surface area contributed by atoms with Gasteiger partial charge in [-0.25, -0.2) is 4.98 Å². The SMILES string of the molecule is C=CCCOCCNc1cccc2nccn12. The van der Waals surface area contributed by atoms with Crippen molar-refractivity contribution in [3.63, 3.8) is 0 Å². The number of nitrogens with zero attached hydrogens (tertiary/aromatic N) is 2. The molecule has 0 saturated heterocycles. The van der Waals surface area contributed by atoms with Gasteiger partial charge in [0.25, 0.3) is 0 Å². The molecule has 0 radical (unpaired) electrons. The Kier molecular flexibility index (Phi) is 4.16. The van der Waals surface area contributed by atoms with E-state index < -0.39 is 0 Å². The second kappa shape index (κ2) is 6.06. The molecule has 17 heavy (non-hydrogen) atoms. The molecule has 0 aliphatic heterocycles. The lowest BCUT2D eigenvalue weighted by Gasteiger charge is -2.08. The summed E-state index contributed by atoms with van der Waals surface area (Å²) in [7, 11) is 0. The summed E-state index contributed by atoms with van der Waals surface area (Å²) < 4.78 is 7.45. The third-order valence-electron chi connectivity index (χ3n) is 2.45. The smallest absolute Gasteiger partial charge is 0.138 e. The van der Waals surface area contributed by atoms with Crippen LogP contribution >= 0.6 is 0 Å². The maximum atomic E-state index is 5.43. The Labute approximate surface area is 101 Å². The maximum absolute atomic E-state index is 5.43. The van der Waals surface area contributed by atoms with E-state index in [1.165, 1.54) is 0 Å². The van der Waals surface area contributed by atoms with E-state index in [1.807, 2.05) is 34.9 Å². The Morgan fingerprint density at radius 3 is 3.24 bits per heavy atom. The van der Waals surface area contributed by atoms with Gasteiger partial charge in [-0.2, -0.15) is 0 Å². The number of nitrogens with one attached hydrogen (secondary N) is 1. The molecule has 0 amide bonds. The summed E-state index contributed by atoms with van der Waals surface area (Å²) in [6.45, 7) is 5.86. The molecule has 0 unspecified atom stereocenters. The van der Waals surface area contributed by atoms with Crippen molar-refractivity contribution in [3.8, 4) is 0 Å². The van der Waals surface area contributed by atoms with Crippen LogP contribution in [0.25, 0.3) is 5.65 Å². The number of ether oxygens (including phenoxy) is 1. The van der Waals surface area contributed by atoms with Crippen LogP contribution in [0, 0.1) is 0 Å². The lowest BCUT2D eigenvalue weighted by molar-refractivity contribution is 0.149. The lowest BCUT2D eigenvalue weighted by atomic mass is 10.4. The second-order valence-electron chi connectivity index (χ2n) is 3.68. The monoisotopic (exact) mass is 231 g/mol. The minimum absolute atomic E-state index is 0.693. The van der Waals surface area contributed by atoms with E-state index in [0.717, 1.165) is 31.0 Å². The molecule has 90 valence electrons. The van der Waals surface area contributed by atoms with Gasteiger partial charge in [-0.05, 0) is 18.6 Å². The number of imidazole rings is 1. The van der Waals surface area contributed by atoms with E-state index in [0.29, 0.717) is 6.61 Å². The largest absolute Gasteiger partial charge is 0.379 e. The number of hydrogen-bond acceptors (Lipinski definition) is 3. The summed E-state index contributed by atoms with van der Waals surface area (Å²) in [6.07, 6.45) is 6.49. The molecule has 1 N–H and O–H groups in total. The van der Waals surface area contributed by atoms with E-state index in [1.54, 1.807) is 6.20 Å². The highest BCUT2D eigenvalue weighted by atomic mass is 16.5. The van der Waals surface area contributed by atoms with Crippen LogP contribution in [0.3, 0.4) is 0 Å². The summed E-state index contributed by atoms with van der Waals surface area (Å²) in [6, 6.07) is 5.99. The fourth-order valence-corrected chi connectivity index (χ4v) is 1.61. The molecule has 2 heterocycles. The van der Waals surface area contributed by atoms with Crippen molar-refractivity contribution in [1.29, 1.82) is 0 Å². The summed E-state index contributed by atoms with van der Waals surface area (Å²) in [5.41, 5.74) is 0.947. The summed E-state index contributed by atoms with van der Waals surface area (Å²) >= 11 is 0. The van der Waals surface area contributed by atoms with Crippen LogP contribution in [0.1, 0.15) is 6.42 Å². The van der Waals surface area contributed by atoms with Gasteiger partial charge in [-0.15, -0.1) is 6.58 Å². The average Bonchev–Trinajstić information content (AvgIpc) is 2.82. The van der Waals surface area contributed by atoms with Crippen molar-refractivity contribution in [3.05, 3.63) is 43.2 Å². The predicted octanol–water partition coefficient (Wildman–Crippen LogP) is 2.34. The van der Waals surface area contributed by atoms with Gasteiger partial charge < -0.3 is 10.1 Å². The predicted molar refractivity (Wildman–Crippen MR) is 69.3 cm³/mol. The van der Waals surface area contributed by atoms with Gasteiger partial charge in [0.1, 0.15) is 11.5 Å². The van der Waals surface area contributed by atoms with Crippen molar-refractivity contribution < 1.29 is 4.74 Å². The van der Waals surface area contributed by atoms with Crippen molar-refractivity contribution in [2.24, 2.45) is 0 Å². The van der Waals surface area contributed by atoms with Crippen molar-refractivity contribution in [2.45, 2.75) is 6.42 Å². The molecule has 4 nitrogen and oxygen atoms in total. The Bertz CT molecular complexity index is 478. The third-order valence-corrected chi connectivity index (χ3v) is 2.45. The van der Waals surface area contributed by atoms with Gasteiger partial charge in [0.15, 0.2) is 0 Å². The highest BCUT2D eigenvalue weighted by Crippen LogP contribution is 2.10. The zero-order valence-corrected chi connectivity index (χ0v) is 9.80. The second-order valence-corrected chi connectivity index (χ2v) is 3.68. The number of fused-ring (bicyclic) bond motifs is 1. The van der Waals surface area contributed by atoms with E-state index >= 15 is 0 Å². The molecular formula is C13H17N3O. The maximum Gasteiger partial charge on any atom is 0.138 e. The molecule has 4 heteroatoms. The molecule has 2 aromatic rings. The molecule has 0 bridgehead atoms. The van der Waals surface area contributed by atoms with Crippen LogP contribution in [0.4, 0.5) is 5.82 Å². The van der Waals surface area contributed by atoms with Gasteiger partial charge in [-0.1, -0.05) is 12.1 Å². The molecule has 0 aliphatic carbocycles. The van der Waals surface area contributed by atoms with E-state index in [2.05, 4.69) is 16.9 Å². The summed E-state index contributed by atoms with van der Waals surface area (Å²) in [4.78, 5) is 4.23. The van der Waals surface area contributed by atoms with Crippen LogP contribution in [-0.2, 0) is 4.74 Å². The quantitative estimate of drug-likeness (QED) is 0.587. The van der Waals surface area contributed by atoms with E-state index in [4.69, 9.17) is 4.74 Å². The molecule has 0 saturated carbocycles. The zero-order valence-electron chi connectivity index (χ0n) is 9.80. The first-order valence-electron chi connectivity index (χ1n) is 5.76. The van der Waals surface area contributed by atoms with Gasteiger partial charge in [0.05, 0.1) is 13.2 Å². The molecule has 0 fully saturated rings. The van der Waals surface area contributed by atoms with Gasteiger partial charge in [-0.3, -0.25) is 4.40 Å². The first kappa shape index (κ1) is 11.7. The number of rotatable bonds is 7. The van der Waals surface area contributed by atoms with Crippen LogP contribution in [-0.4, -0.2) is 29.1 Å². The molecule has 0 spiro atoms. The normalized spacial score (nSPS) is 10.6. The first-order valence-corrected chi connectivity index (χ1v) is 5.76. The third kappa shape index (κ3) is 3.07. The first-order chi connectivity index (χ1) is 8.42. The van der Waals surface area contributed by atoms with Crippen molar-refractivity contribution in [1.82, 2.24) is 9.38 Å². The molecule has 2 aromatic heterocycles. The fraction of sp³-hybridized carbons (Fsp3) is 0.308. The van der Waals surface area contributed by atoms with E-state index in [9.17, 15) is 0 Å². The number of anilines is 1. The van der Waals surface area contributed by atoms with Crippen molar-refractivity contribution >= 4 is 11.5 Å². The van der Waals surface area contributed by atoms with Crippen LogP contribution in [0.5, 0.6) is 0 Å². The Hall–Kier alpha value is -1.81. The number of aromatic nitrogens is 2. The molecule has 2 rings (SSSR count). The topological polar surface area (TPSA) is 38.6 Å². The van der Waals surface area contributed by atoms with Gasteiger partial charge in [0.2, 0.25) is 0 Å². The molecule has 0 aromatic carbocycles. The Morgan fingerprint density at radius 1 is 1.41 bits per heavy atom. The van der Waals surface area contributed by atoms with Gasteiger partial charge in [0, 0.05) is 18.9 Å². The highest BCUT2D eigenvalue weighted by Gasteiger charge is 1.98. The number of pyridine rings is 1. The molecular weight excluding hydrogens is 214 g/mol.